The van der Waals surface area contributed by atoms with Gasteiger partial charge >= 0.3 is 5.97 Å². The molecule has 39 nitrogen and oxygen atoms in total. The molecular weight excluding hydrogens is 1640 g/mol. The van der Waals surface area contributed by atoms with Crippen LogP contribution in [0.3, 0.4) is 0 Å². The van der Waals surface area contributed by atoms with Gasteiger partial charge in [0.05, 0.1) is 50.9 Å². The van der Waals surface area contributed by atoms with E-state index in [4.69, 9.17) is 11.5 Å². The lowest BCUT2D eigenvalue weighted by molar-refractivity contribution is -0.143. The zero-order valence-corrected chi connectivity index (χ0v) is 72.8. The number of hydrogen-bond acceptors (Lipinski definition) is 23. The number of carboxylic acid groups (broad SMARTS) is 1. The number of nitrogens with one attached hydrogen (secondary N) is 12. The third-order valence-corrected chi connectivity index (χ3v) is 23.8. The molecule has 0 radical (unpaired) electrons. The third-order valence-electron chi connectivity index (χ3n) is 21.6. The number of rotatable bonds is 19. The molecule has 13 atom stereocenters. The minimum atomic E-state index is -1.91. The summed E-state index contributed by atoms with van der Waals surface area (Å²) in [5, 5.41) is 48.3. The molecule has 7 rings (SSSR count). The van der Waals surface area contributed by atoms with Crippen LogP contribution in [0.4, 0.5) is 0 Å². The van der Waals surface area contributed by atoms with E-state index in [1.807, 2.05) is 0 Å². The van der Waals surface area contributed by atoms with Gasteiger partial charge in [-0.15, -0.1) is 0 Å². The Labute approximate surface area is 721 Å². The average molecular weight is 1760 g/mol. The molecule has 674 valence electrons. The van der Waals surface area contributed by atoms with Crippen molar-refractivity contribution in [3.05, 3.63) is 72.1 Å². The molecule has 2 aromatic carbocycles. The lowest BCUT2D eigenvalue weighted by atomic mass is 9.92. The maximum Gasteiger partial charge on any atom is 0.305 e. The molecule has 3 aliphatic rings. The summed E-state index contributed by atoms with van der Waals surface area (Å²) in [5.74, 6) is -18.6. The van der Waals surface area contributed by atoms with Crippen LogP contribution in [0.25, 0.3) is 21.8 Å². The normalized spacial score (nSPS) is 24.6. The topological polar surface area (TPSA) is 568 Å². The highest BCUT2D eigenvalue weighted by molar-refractivity contribution is 7.99. The maximum atomic E-state index is 14.8. The van der Waals surface area contributed by atoms with E-state index in [0.29, 0.717) is 39.4 Å². The average Bonchev–Trinajstić information content (AvgIpc) is 1.75. The van der Waals surface area contributed by atoms with Gasteiger partial charge in [0.25, 0.3) is 0 Å². The van der Waals surface area contributed by atoms with Crippen molar-refractivity contribution >= 4 is 151 Å². The van der Waals surface area contributed by atoms with Crippen LogP contribution in [0.1, 0.15) is 124 Å². The Balaban J connectivity index is 1.16. The number of benzene rings is 2. The summed E-state index contributed by atoms with van der Waals surface area (Å²) in [6.07, 6.45) is -0.636. The highest BCUT2D eigenvalue weighted by Crippen LogP contribution is 2.26. The Kier molecular flexibility index (Phi) is 38.3. The van der Waals surface area contributed by atoms with Crippen LogP contribution in [-0.2, 0) is 99.1 Å². The third kappa shape index (κ3) is 29.3. The Morgan fingerprint density at radius 3 is 1.70 bits per heavy atom. The van der Waals surface area contributed by atoms with Gasteiger partial charge < -0.3 is 104 Å². The number of Topliss-reactive ketones (excluding diaryl/α,β-unsaturated/α-hetero) is 2. The molecule has 123 heavy (non-hydrogen) atoms. The number of nitrogens with two attached hydrogens (primary N) is 2. The summed E-state index contributed by atoms with van der Waals surface area (Å²) in [6, 6.07) is -0.395. The Morgan fingerprint density at radius 1 is 0.618 bits per heavy atom. The zero-order chi connectivity index (χ0) is 90.6. The summed E-state index contributed by atoms with van der Waals surface area (Å²) in [7, 11) is 3.10. The first-order valence-corrected chi connectivity index (χ1v) is 43.6. The van der Waals surface area contributed by atoms with Crippen molar-refractivity contribution in [3.8, 4) is 0 Å². The highest BCUT2D eigenvalue weighted by Gasteiger charge is 2.43. The first kappa shape index (κ1) is 99.1. The van der Waals surface area contributed by atoms with Crippen LogP contribution in [-0.4, -0.2) is 307 Å². The fraction of sp³-hybridized carbons (Fsp3) is 0.585. The van der Waals surface area contributed by atoms with Gasteiger partial charge in [0.1, 0.15) is 54.4 Å². The largest absolute Gasteiger partial charge is 0.481 e. The predicted octanol–water partition coefficient (Wildman–Crippen LogP) is -2.26. The number of amides is 15. The number of carbonyl (C=O) groups is 18. The summed E-state index contributed by atoms with van der Waals surface area (Å²) in [4.78, 5) is 265. The summed E-state index contributed by atoms with van der Waals surface area (Å²) < 4.78 is 0. The fourth-order valence-corrected chi connectivity index (χ4v) is 16.5. The number of aromatic amines is 2. The first-order chi connectivity index (χ1) is 58.3. The van der Waals surface area contributed by atoms with Crippen molar-refractivity contribution in [2.45, 2.75) is 193 Å². The second kappa shape index (κ2) is 47.6. The Morgan fingerprint density at radius 2 is 1.15 bits per heavy atom. The van der Waals surface area contributed by atoms with Crippen LogP contribution in [0, 0.1) is 23.7 Å². The predicted molar refractivity (Wildman–Crippen MR) is 456 cm³/mol. The van der Waals surface area contributed by atoms with Crippen LogP contribution in [0.2, 0.25) is 0 Å². The van der Waals surface area contributed by atoms with Gasteiger partial charge in [-0.05, 0) is 82.2 Å². The van der Waals surface area contributed by atoms with E-state index in [9.17, 15) is 96.5 Å². The number of thioether (sulfide) groups is 2. The van der Waals surface area contributed by atoms with Crippen molar-refractivity contribution in [1.29, 1.82) is 0 Å². The monoisotopic (exact) mass is 1750 g/mol. The lowest BCUT2D eigenvalue weighted by Crippen LogP contribution is -2.60. The van der Waals surface area contributed by atoms with E-state index in [1.165, 1.54) is 46.6 Å². The maximum absolute atomic E-state index is 14.8. The Hall–Kier alpha value is -11.0. The molecule has 0 spiro atoms. The van der Waals surface area contributed by atoms with E-state index in [2.05, 4.69) is 63.1 Å². The molecule has 3 saturated heterocycles. The molecule has 2 bridgehead atoms. The van der Waals surface area contributed by atoms with Gasteiger partial charge in [-0.3, -0.25) is 91.2 Å². The van der Waals surface area contributed by atoms with Crippen molar-refractivity contribution < 1.29 is 96.5 Å². The molecule has 0 unspecified atom stereocenters. The number of H-pyrrole nitrogens is 2. The molecule has 0 aliphatic carbocycles. The lowest BCUT2D eigenvalue weighted by Gasteiger charge is -2.32. The number of primary amides is 1. The number of carboxylic acids is 1. The van der Waals surface area contributed by atoms with Gasteiger partial charge in [0, 0.05) is 141 Å². The van der Waals surface area contributed by atoms with Crippen LogP contribution >= 0.6 is 23.5 Å². The summed E-state index contributed by atoms with van der Waals surface area (Å²) in [6.45, 7) is 11.1. The van der Waals surface area contributed by atoms with E-state index < -0.39 is 217 Å². The van der Waals surface area contributed by atoms with Gasteiger partial charge in [-0.25, -0.2) is 0 Å². The molecular formula is C82H119N19O20S2. The zero-order valence-electron chi connectivity index (χ0n) is 71.1. The number of hydrogen-bond donors (Lipinski definition) is 16. The van der Waals surface area contributed by atoms with E-state index in [-0.39, 0.29) is 119 Å². The van der Waals surface area contributed by atoms with E-state index in [0.717, 1.165) is 28.4 Å². The van der Waals surface area contributed by atoms with E-state index in [1.54, 1.807) is 103 Å². The minimum absolute atomic E-state index is 0.0222. The van der Waals surface area contributed by atoms with Gasteiger partial charge in [0.2, 0.25) is 88.6 Å². The smallest absolute Gasteiger partial charge is 0.305 e. The second-order valence-electron chi connectivity index (χ2n) is 32.1. The molecule has 3 fully saturated rings. The summed E-state index contributed by atoms with van der Waals surface area (Å²) in [5.41, 5.74) is 13.8. The van der Waals surface area contributed by atoms with Gasteiger partial charge in [0.15, 0.2) is 11.6 Å². The first-order valence-electron chi connectivity index (χ1n) is 41.3. The minimum Gasteiger partial charge on any atom is -0.481 e. The number of nitrogens with zero attached hydrogens (tertiary/aromatic N) is 5. The quantitative estimate of drug-likeness (QED) is 0.0471. The number of ketones is 2. The van der Waals surface area contributed by atoms with Gasteiger partial charge in [-0.2, -0.15) is 23.5 Å². The fourth-order valence-electron chi connectivity index (χ4n) is 14.5. The number of aliphatic hydroxyl groups is 1. The SMILES string of the molecule is CC[C@@H]1CC(=O)[C@H]([C@@H](C)O)NC(=O)[C@@H](CC(=O)[C@H](C)NC(=O)CN(C)C(=O)CCN)CSCCC(=O)N2CCN(CN(C)C2)C(=O)CCSC[C@@H](C(N)=O)NC(=O)[C@@H]2CCCN2C(=O)[C@H](C(C)C)NC(=O)[C@H](Cc2c[nH]c3ccccc23)NC(=O)CNC(=O)[C@H](CC(=O)O)NC(=O)[C@H](C(C)C)NC(=O)[C@H](Cc2c[nH]c3ccccc23)NC(=O)[C@H](C)NC1=O. The summed E-state index contributed by atoms with van der Waals surface area (Å²) >= 11 is 2.28. The van der Waals surface area contributed by atoms with Crippen LogP contribution < -0.4 is 64.6 Å². The van der Waals surface area contributed by atoms with Crippen LogP contribution in [0.5, 0.6) is 0 Å². The van der Waals surface area contributed by atoms with E-state index >= 15 is 0 Å². The second-order valence-corrected chi connectivity index (χ2v) is 34.4. The molecule has 5 heterocycles. The molecule has 41 heteroatoms. The number of fused-ring (bicyclic) bond motifs is 6. The van der Waals surface area contributed by atoms with Gasteiger partial charge in [-0.1, -0.05) is 71.0 Å². The van der Waals surface area contributed by atoms with Crippen LogP contribution in [0.15, 0.2) is 60.9 Å². The molecule has 3 aliphatic heterocycles. The molecule has 18 N–H and O–H groups in total. The molecule has 0 saturated carbocycles. The molecule has 4 aromatic rings. The number of aliphatic carboxylic acids is 1. The number of aromatic nitrogens is 2. The molecule has 15 amide bonds. The highest BCUT2D eigenvalue weighted by atomic mass is 32.2. The number of carbonyl (C=O) groups excluding carboxylic acids is 17. The van der Waals surface area contributed by atoms with Crippen molar-refractivity contribution in [2.75, 3.05) is 89.7 Å². The van der Waals surface area contributed by atoms with Crippen molar-refractivity contribution in [3.63, 3.8) is 0 Å². The Bertz CT molecular complexity index is 4480. The van der Waals surface area contributed by atoms with Crippen molar-refractivity contribution in [2.24, 2.45) is 35.1 Å². The number of aliphatic hydroxyl groups excluding tert-OH is 1. The molecule has 2 aromatic heterocycles. The standard InChI is InChI=1S/C82H119N19O20S2/c1-11-49-33-63(104)72(48(8)102)96-76(115)52(34-62(103)46(6)88-65(106)39-98(10)66(107)22-25-83)40-122-29-23-67(108)99-27-28-100(43-97(9)42-99)68(109)24-30-123-41-60(73(84)112)93-80(119)61-21-16-26-101(61)82(121)71(45(4)5)95-78(117)57(31-50-36-85-55-19-14-12-17-53(50)55)90-64(105)38-87-77(116)59(35-69(110)111)92-81(120)70(44(2)3)94-79(118)58(91-74(113)47(7)89-75(49)114)32-51-37-86-56-20-15-13-18-54(51)56/h12-15,17-20,36-37,44-49,52,57-61,70-72,85-86,102H,11,16,21-35,38-43,83H2,1-10H3,(H2,84,112)(H,87,116)(H,88,106)(H,89,114)(H,90,105)(H,91,113)(H,92,120)(H,93,119)(H,94,118)(H,95,117)(H,96,115)(H,110,111)/t46-,47-,48+,49+,52-,57-,58-,59-,60-,61-,70-,71-,72-/m0/s1. The number of para-hydroxylation sites is 2. The number of likely N-dealkylation sites (N-methyl/N-ethyl adjacent to an activating group) is 1. The van der Waals surface area contributed by atoms with Crippen molar-refractivity contribution in [1.82, 2.24) is 87.6 Å².